The van der Waals surface area contributed by atoms with Gasteiger partial charge in [-0.3, -0.25) is 9.59 Å². The molecule has 13 heteroatoms. The second-order valence-corrected chi connectivity index (χ2v) is 10.8. The minimum absolute atomic E-state index is 0.0382. The number of tetrazole rings is 1. The van der Waals surface area contributed by atoms with Crippen molar-refractivity contribution >= 4 is 17.8 Å². The number of ether oxygens (including phenoxy) is 1. The quantitative estimate of drug-likeness (QED) is 0.294. The van der Waals surface area contributed by atoms with E-state index in [9.17, 15) is 27.6 Å². The number of aromatic nitrogens is 4. The average molecular weight is 589 g/mol. The fraction of sp³-hybridized carbons (Fsp3) is 0.448. The van der Waals surface area contributed by atoms with Crippen LogP contribution in [0, 0.1) is 11.8 Å². The summed E-state index contributed by atoms with van der Waals surface area (Å²) in [5.74, 6) is -0.786. The first kappa shape index (κ1) is 32.2. The molecule has 0 fully saturated rings. The lowest BCUT2D eigenvalue weighted by Gasteiger charge is -2.24. The molecule has 3 rings (SSSR count). The van der Waals surface area contributed by atoms with Gasteiger partial charge in [0.05, 0.1) is 11.6 Å². The summed E-state index contributed by atoms with van der Waals surface area (Å²) < 4.78 is 43.8. The Hall–Kier alpha value is -4.29. The number of halogens is 3. The van der Waals surface area contributed by atoms with Crippen LogP contribution in [0.15, 0.2) is 54.6 Å². The maximum Gasteiger partial charge on any atom is 0.416 e. The Morgan fingerprint density at radius 3 is 2.10 bits per heavy atom. The third-order valence-corrected chi connectivity index (χ3v) is 6.16. The molecular formula is C29H35F3N6O4. The van der Waals surface area contributed by atoms with Crippen LogP contribution in [0.3, 0.4) is 0 Å². The molecule has 0 saturated heterocycles. The molecule has 0 aliphatic rings. The first-order valence-electron chi connectivity index (χ1n) is 13.6. The summed E-state index contributed by atoms with van der Waals surface area (Å²) in [7, 11) is 0. The second kappa shape index (κ2) is 14.6. The number of carbonyl (C=O) groups is 3. The molecule has 2 N–H and O–H groups in total. The van der Waals surface area contributed by atoms with Crippen LogP contribution in [-0.2, 0) is 33.7 Å². The van der Waals surface area contributed by atoms with Crippen molar-refractivity contribution in [2.45, 2.75) is 71.9 Å². The van der Waals surface area contributed by atoms with E-state index in [4.69, 9.17) is 4.74 Å². The molecule has 226 valence electrons. The van der Waals surface area contributed by atoms with Crippen molar-refractivity contribution in [2.24, 2.45) is 11.8 Å². The van der Waals surface area contributed by atoms with E-state index in [1.165, 1.54) is 12.1 Å². The highest BCUT2D eigenvalue weighted by atomic mass is 19.4. The number of nitrogens with one attached hydrogen (secondary N) is 2. The number of alkyl halides is 3. The van der Waals surface area contributed by atoms with E-state index >= 15 is 0 Å². The number of carbonyl (C=O) groups excluding carboxylic acids is 3. The van der Waals surface area contributed by atoms with E-state index in [1.54, 1.807) is 0 Å². The number of amides is 2. The molecule has 10 nitrogen and oxygen atoms in total. The van der Waals surface area contributed by atoms with Crippen LogP contribution in [0.5, 0.6) is 0 Å². The van der Waals surface area contributed by atoms with Gasteiger partial charge in [0.1, 0.15) is 19.2 Å². The average Bonchev–Trinajstić information content (AvgIpc) is 3.39. The first-order chi connectivity index (χ1) is 19.8. The molecule has 0 bridgehead atoms. The zero-order valence-corrected chi connectivity index (χ0v) is 23.9. The molecule has 2 atom stereocenters. The van der Waals surface area contributed by atoms with Gasteiger partial charge in [-0.1, -0.05) is 70.2 Å². The van der Waals surface area contributed by atoms with Gasteiger partial charge >= 0.3 is 12.3 Å². The summed E-state index contributed by atoms with van der Waals surface area (Å²) >= 11 is 0. The molecule has 3 aromatic rings. The van der Waals surface area contributed by atoms with Crippen molar-refractivity contribution in [1.82, 2.24) is 30.8 Å². The van der Waals surface area contributed by atoms with E-state index < -0.39 is 41.6 Å². The van der Waals surface area contributed by atoms with Crippen LogP contribution in [0.2, 0.25) is 0 Å². The van der Waals surface area contributed by atoms with Crippen molar-refractivity contribution in [3.8, 4) is 11.4 Å². The molecule has 0 radical (unpaired) electrons. The number of hydrogen-bond acceptors (Lipinski definition) is 7. The molecule has 0 spiro atoms. The van der Waals surface area contributed by atoms with Crippen LogP contribution >= 0.6 is 0 Å². The third kappa shape index (κ3) is 9.96. The van der Waals surface area contributed by atoms with Crippen molar-refractivity contribution < 1.29 is 32.3 Å². The minimum Gasteiger partial charge on any atom is -0.445 e. The molecule has 0 aliphatic heterocycles. The number of Topliss-reactive ketones (excluding diaryl/α,β-unsaturated/α-hetero) is 1. The maximum atomic E-state index is 13.3. The summed E-state index contributed by atoms with van der Waals surface area (Å²) in [6.07, 6.45) is -4.60. The number of alkyl carbamates (subject to hydrolysis) is 1. The van der Waals surface area contributed by atoms with Gasteiger partial charge in [-0.25, -0.2) is 4.79 Å². The number of rotatable bonds is 13. The standard InChI is InChI=1S/C29H35F3N6O4/c1-18(2)14-23(25(39)16-38-36-26(35-37-38)21-10-12-22(13-11-21)29(30,31)32)33-27(40)24(15-19(3)4)34-28(41)42-17-20-8-6-5-7-9-20/h5-13,18-19,23-24H,14-17H2,1-4H3,(H,33,40)(H,34,41)/t23-,24-/m0/s1. The Morgan fingerprint density at radius 2 is 1.50 bits per heavy atom. The molecule has 0 aliphatic carbocycles. The van der Waals surface area contributed by atoms with E-state index in [0.29, 0.717) is 18.4 Å². The highest BCUT2D eigenvalue weighted by Crippen LogP contribution is 2.30. The van der Waals surface area contributed by atoms with Gasteiger partial charge in [0.2, 0.25) is 11.7 Å². The van der Waals surface area contributed by atoms with E-state index in [0.717, 1.165) is 22.5 Å². The SMILES string of the molecule is CC(C)C[C@H](NC(=O)[C@H](CC(C)C)NC(=O)OCc1ccccc1)C(=O)Cn1nnc(-c2ccc(C(F)(F)F)cc2)n1. The Kier molecular flexibility index (Phi) is 11.2. The largest absolute Gasteiger partial charge is 0.445 e. The maximum absolute atomic E-state index is 13.3. The fourth-order valence-electron chi connectivity index (χ4n) is 4.11. The van der Waals surface area contributed by atoms with Gasteiger partial charge in [0.25, 0.3) is 0 Å². The Labute approximate surface area is 242 Å². The number of benzene rings is 2. The molecule has 42 heavy (non-hydrogen) atoms. The third-order valence-electron chi connectivity index (χ3n) is 6.16. The Morgan fingerprint density at radius 1 is 0.881 bits per heavy atom. The normalized spacial score (nSPS) is 13.1. The monoisotopic (exact) mass is 588 g/mol. The van der Waals surface area contributed by atoms with Gasteiger partial charge in [0.15, 0.2) is 5.78 Å². The molecular weight excluding hydrogens is 553 g/mol. The van der Waals surface area contributed by atoms with Gasteiger partial charge in [-0.2, -0.15) is 18.0 Å². The predicted molar refractivity (Wildman–Crippen MR) is 148 cm³/mol. The highest BCUT2D eigenvalue weighted by molar-refractivity contribution is 5.92. The lowest BCUT2D eigenvalue weighted by atomic mass is 9.98. The lowest BCUT2D eigenvalue weighted by molar-refractivity contribution is -0.137. The molecule has 1 heterocycles. The summed E-state index contributed by atoms with van der Waals surface area (Å²) in [6, 6.07) is 11.5. The van der Waals surface area contributed by atoms with E-state index in [-0.39, 0.29) is 30.8 Å². The van der Waals surface area contributed by atoms with Crippen molar-refractivity contribution in [2.75, 3.05) is 0 Å². The lowest BCUT2D eigenvalue weighted by Crippen LogP contribution is -2.52. The zero-order valence-electron chi connectivity index (χ0n) is 23.9. The van der Waals surface area contributed by atoms with Crippen molar-refractivity contribution in [1.29, 1.82) is 0 Å². The zero-order chi connectivity index (χ0) is 30.9. The summed E-state index contributed by atoms with van der Waals surface area (Å²) in [5, 5.41) is 17.2. The van der Waals surface area contributed by atoms with Crippen LogP contribution in [0.25, 0.3) is 11.4 Å². The molecule has 2 amide bonds. The molecule has 0 unspecified atom stereocenters. The summed E-state index contributed by atoms with van der Waals surface area (Å²) in [5.41, 5.74) is 0.287. The van der Waals surface area contributed by atoms with Crippen molar-refractivity contribution in [3.63, 3.8) is 0 Å². The van der Waals surface area contributed by atoms with Crippen molar-refractivity contribution in [3.05, 3.63) is 65.7 Å². The molecule has 0 saturated carbocycles. The van der Waals surface area contributed by atoms with Crippen LogP contribution in [0.1, 0.15) is 51.7 Å². The number of ketones is 1. The van der Waals surface area contributed by atoms with Gasteiger partial charge in [-0.05, 0) is 47.6 Å². The Balaban J connectivity index is 1.65. The Bertz CT molecular complexity index is 1330. The topological polar surface area (TPSA) is 128 Å². The first-order valence-corrected chi connectivity index (χ1v) is 13.6. The van der Waals surface area contributed by atoms with Gasteiger partial charge in [0, 0.05) is 5.56 Å². The van der Waals surface area contributed by atoms with Gasteiger partial charge < -0.3 is 15.4 Å². The second-order valence-electron chi connectivity index (χ2n) is 10.8. The molecule has 1 aromatic heterocycles. The highest BCUT2D eigenvalue weighted by Gasteiger charge is 2.31. The van der Waals surface area contributed by atoms with Gasteiger partial charge in [-0.15, -0.1) is 10.2 Å². The fourth-order valence-corrected chi connectivity index (χ4v) is 4.11. The number of hydrogen-bond donors (Lipinski definition) is 2. The molecule has 2 aromatic carbocycles. The summed E-state index contributed by atoms with van der Waals surface area (Å²) in [4.78, 5) is 40.0. The van der Waals surface area contributed by atoms with Crippen LogP contribution in [-0.4, -0.2) is 50.1 Å². The predicted octanol–water partition coefficient (Wildman–Crippen LogP) is 4.80. The van der Waals surface area contributed by atoms with E-state index in [2.05, 4.69) is 26.0 Å². The van der Waals surface area contributed by atoms with E-state index in [1.807, 2.05) is 58.0 Å². The van der Waals surface area contributed by atoms with Crippen LogP contribution < -0.4 is 10.6 Å². The minimum atomic E-state index is -4.47. The van der Waals surface area contributed by atoms with Crippen LogP contribution in [0.4, 0.5) is 18.0 Å². The summed E-state index contributed by atoms with van der Waals surface area (Å²) in [6.45, 7) is 7.31. The number of nitrogens with zero attached hydrogens (tertiary/aromatic N) is 4. The smallest absolute Gasteiger partial charge is 0.416 e.